The first-order valence-electron chi connectivity index (χ1n) is 4.68. The van der Waals surface area contributed by atoms with E-state index in [1.54, 1.807) is 0 Å². The van der Waals surface area contributed by atoms with Crippen molar-refractivity contribution in [2.75, 3.05) is 5.33 Å². The fourth-order valence-electron chi connectivity index (χ4n) is 1.31. The number of hydrogen-bond donors (Lipinski definition) is 0. The molecule has 0 saturated heterocycles. The van der Waals surface area contributed by atoms with Crippen LogP contribution < -0.4 is 0 Å². The Morgan fingerprint density at radius 3 is 2.54 bits per heavy atom. The summed E-state index contributed by atoms with van der Waals surface area (Å²) in [5.41, 5.74) is 0. The lowest BCUT2D eigenvalue weighted by molar-refractivity contribution is 0.539. The second-order valence-electron chi connectivity index (χ2n) is 3.18. The van der Waals surface area contributed by atoms with Gasteiger partial charge in [-0.1, -0.05) is 22.4 Å². The molecule has 0 atom stereocenters. The van der Waals surface area contributed by atoms with Gasteiger partial charge in [0.05, 0.1) is 0 Å². The van der Waals surface area contributed by atoms with Crippen molar-refractivity contribution in [1.29, 1.82) is 0 Å². The number of halogens is 1. The number of nitrogens with zero attached hydrogens (tertiary/aromatic N) is 3. The maximum absolute atomic E-state index is 4.30. The fourth-order valence-corrected chi connectivity index (χ4v) is 1.70. The Hall–Kier alpha value is -0.380. The highest BCUT2D eigenvalue weighted by Gasteiger charge is 2.00. The monoisotopic (exact) mass is 245 g/mol. The third-order valence-electron chi connectivity index (χ3n) is 1.97. The lowest BCUT2D eigenvalue weighted by Gasteiger charge is -2.01. The van der Waals surface area contributed by atoms with Gasteiger partial charge in [0.15, 0.2) is 0 Å². The smallest absolute Gasteiger partial charge is 0.147 e. The Balaban J connectivity index is 2.32. The van der Waals surface area contributed by atoms with Gasteiger partial charge in [-0.15, -0.1) is 0 Å². The van der Waals surface area contributed by atoms with Crippen molar-refractivity contribution in [3.63, 3.8) is 0 Å². The van der Waals surface area contributed by atoms with Crippen LogP contribution in [-0.4, -0.2) is 20.1 Å². The molecular formula is C9H16BrN3. The standard InChI is InChI=1S/C9H16BrN3/c1-8-11-9(2)13(12-8)7-5-3-4-6-10/h3-7H2,1-2H3. The first-order chi connectivity index (χ1) is 6.24. The van der Waals surface area contributed by atoms with E-state index in [2.05, 4.69) is 26.0 Å². The Bertz CT molecular complexity index is 257. The van der Waals surface area contributed by atoms with Crippen molar-refractivity contribution in [3.05, 3.63) is 11.6 Å². The summed E-state index contributed by atoms with van der Waals surface area (Å²) in [6, 6.07) is 0. The molecule has 74 valence electrons. The first-order valence-corrected chi connectivity index (χ1v) is 5.80. The molecule has 0 amide bonds. The maximum atomic E-state index is 4.30. The molecule has 0 fully saturated rings. The molecule has 0 aliphatic heterocycles. The Morgan fingerprint density at radius 2 is 2.00 bits per heavy atom. The SMILES string of the molecule is Cc1nc(C)n(CCCCCBr)n1. The number of alkyl halides is 1. The Kier molecular flexibility index (Phi) is 4.42. The van der Waals surface area contributed by atoms with Gasteiger partial charge in [-0.3, -0.25) is 4.68 Å². The van der Waals surface area contributed by atoms with E-state index in [1.165, 1.54) is 19.3 Å². The third kappa shape index (κ3) is 3.46. The Morgan fingerprint density at radius 1 is 1.23 bits per heavy atom. The summed E-state index contributed by atoms with van der Waals surface area (Å²) in [6.07, 6.45) is 3.69. The van der Waals surface area contributed by atoms with Crippen LogP contribution in [0.4, 0.5) is 0 Å². The molecule has 1 aromatic heterocycles. The van der Waals surface area contributed by atoms with Gasteiger partial charge in [0, 0.05) is 11.9 Å². The van der Waals surface area contributed by atoms with E-state index in [1.807, 2.05) is 18.5 Å². The summed E-state index contributed by atoms with van der Waals surface area (Å²) in [5, 5.41) is 5.40. The predicted octanol–water partition coefficient (Wildman–Crippen LogP) is 2.46. The normalized spacial score (nSPS) is 10.7. The van der Waals surface area contributed by atoms with Gasteiger partial charge < -0.3 is 0 Å². The number of aromatic nitrogens is 3. The number of rotatable bonds is 5. The average molecular weight is 246 g/mol. The van der Waals surface area contributed by atoms with Crippen molar-refractivity contribution in [2.45, 2.75) is 39.7 Å². The molecule has 4 heteroatoms. The summed E-state index contributed by atoms with van der Waals surface area (Å²) >= 11 is 3.42. The average Bonchev–Trinajstić information content (AvgIpc) is 2.39. The largest absolute Gasteiger partial charge is 0.250 e. The van der Waals surface area contributed by atoms with E-state index in [0.717, 1.165) is 23.5 Å². The summed E-state index contributed by atoms with van der Waals surface area (Å²) in [4.78, 5) is 4.25. The lowest BCUT2D eigenvalue weighted by Crippen LogP contribution is -2.02. The zero-order chi connectivity index (χ0) is 9.68. The van der Waals surface area contributed by atoms with Crippen LogP contribution in [0.5, 0.6) is 0 Å². The van der Waals surface area contributed by atoms with Crippen LogP contribution >= 0.6 is 15.9 Å². The topological polar surface area (TPSA) is 30.7 Å². The molecule has 0 N–H and O–H groups in total. The van der Waals surface area contributed by atoms with Crippen molar-refractivity contribution in [1.82, 2.24) is 14.8 Å². The molecule has 0 unspecified atom stereocenters. The van der Waals surface area contributed by atoms with Gasteiger partial charge in [-0.05, 0) is 26.7 Å². The van der Waals surface area contributed by atoms with Gasteiger partial charge in [-0.2, -0.15) is 5.10 Å². The van der Waals surface area contributed by atoms with Crippen molar-refractivity contribution in [3.8, 4) is 0 Å². The zero-order valence-electron chi connectivity index (χ0n) is 8.26. The summed E-state index contributed by atoms with van der Waals surface area (Å²) < 4.78 is 1.99. The molecule has 0 saturated carbocycles. The van der Waals surface area contributed by atoms with E-state index >= 15 is 0 Å². The van der Waals surface area contributed by atoms with Crippen LogP contribution in [0, 0.1) is 13.8 Å². The molecule has 0 bridgehead atoms. The first kappa shape index (κ1) is 10.7. The maximum Gasteiger partial charge on any atom is 0.147 e. The molecule has 1 aromatic rings. The van der Waals surface area contributed by atoms with Crippen LogP contribution in [-0.2, 0) is 6.54 Å². The second-order valence-corrected chi connectivity index (χ2v) is 3.97. The second kappa shape index (κ2) is 5.37. The van der Waals surface area contributed by atoms with Crippen molar-refractivity contribution in [2.24, 2.45) is 0 Å². The van der Waals surface area contributed by atoms with Crippen LogP contribution in [0.3, 0.4) is 0 Å². The van der Waals surface area contributed by atoms with E-state index in [4.69, 9.17) is 0 Å². The van der Waals surface area contributed by atoms with Crippen LogP contribution in [0.15, 0.2) is 0 Å². The van der Waals surface area contributed by atoms with E-state index in [9.17, 15) is 0 Å². The van der Waals surface area contributed by atoms with Crippen LogP contribution in [0.2, 0.25) is 0 Å². The predicted molar refractivity (Wildman–Crippen MR) is 57.1 cm³/mol. The highest BCUT2D eigenvalue weighted by atomic mass is 79.9. The molecule has 0 aromatic carbocycles. The third-order valence-corrected chi connectivity index (χ3v) is 2.53. The van der Waals surface area contributed by atoms with Crippen LogP contribution in [0.1, 0.15) is 30.9 Å². The number of aryl methyl sites for hydroxylation is 3. The molecule has 3 nitrogen and oxygen atoms in total. The fraction of sp³-hybridized carbons (Fsp3) is 0.778. The highest BCUT2D eigenvalue weighted by molar-refractivity contribution is 9.09. The van der Waals surface area contributed by atoms with Gasteiger partial charge >= 0.3 is 0 Å². The number of unbranched alkanes of at least 4 members (excludes halogenated alkanes) is 2. The minimum Gasteiger partial charge on any atom is -0.250 e. The molecule has 1 rings (SSSR count). The van der Waals surface area contributed by atoms with Crippen molar-refractivity contribution >= 4 is 15.9 Å². The zero-order valence-corrected chi connectivity index (χ0v) is 9.84. The van der Waals surface area contributed by atoms with Crippen LogP contribution in [0.25, 0.3) is 0 Å². The lowest BCUT2D eigenvalue weighted by atomic mass is 10.2. The van der Waals surface area contributed by atoms with Gasteiger partial charge in [-0.25, -0.2) is 4.98 Å². The molecule has 1 heterocycles. The number of hydrogen-bond acceptors (Lipinski definition) is 2. The van der Waals surface area contributed by atoms with Gasteiger partial charge in [0.1, 0.15) is 11.6 Å². The summed E-state index contributed by atoms with van der Waals surface area (Å²) in [6.45, 7) is 4.94. The quantitative estimate of drug-likeness (QED) is 0.590. The van der Waals surface area contributed by atoms with Gasteiger partial charge in [0.25, 0.3) is 0 Å². The van der Waals surface area contributed by atoms with Crippen molar-refractivity contribution < 1.29 is 0 Å². The highest BCUT2D eigenvalue weighted by Crippen LogP contribution is 2.03. The molecule has 0 aliphatic carbocycles. The van der Waals surface area contributed by atoms with E-state index < -0.39 is 0 Å². The minimum absolute atomic E-state index is 0.873. The molecular weight excluding hydrogens is 230 g/mol. The molecule has 13 heavy (non-hydrogen) atoms. The summed E-state index contributed by atoms with van der Waals surface area (Å²) in [7, 11) is 0. The minimum atomic E-state index is 0.873. The van der Waals surface area contributed by atoms with E-state index in [0.29, 0.717) is 0 Å². The summed E-state index contributed by atoms with van der Waals surface area (Å²) in [5.74, 6) is 1.90. The van der Waals surface area contributed by atoms with Gasteiger partial charge in [0.2, 0.25) is 0 Å². The molecule has 0 aliphatic rings. The van der Waals surface area contributed by atoms with E-state index in [-0.39, 0.29) is 0 Å². The Labute approximate surface area is 87.7 Å². The molecule has 0 radical (unpaired) electrons. The molecule has 0 spiro atoms.